The second-order valence-electron chi connectivity index (χ2n) is 4.29. The van der Waals surface area contributed by atoms with E-state index in [0.717, 1.165) is 18.9 Å². The molecule has 0 saturated heterocycles. The third kappa shape index (κ3) is 5.08. The molecule has 0 heterocycles. The normalized spacial score (nSPS) is 10.6. The first-order chi connectivity index (χ1) is 9.56. The van der Waals surface area contributed by atoms with E-state index in [9.17, 15) is 18.9 Å². The van der Waals surface area contributed by atoms with Crippen LogP contribution in [0.25, 0.3) is 0 Å². The summed E-state index contributed by atoms with van der Waals surface area (Å²) in [4.78, 5) is 9.87. The van der Waals surface area contributed by atoms with Gasteiger partial charge < -0.3 is 10.1 Å². The summed E-state index contributed by atoms with van der Waals surface area (Å²) >= 11 is 0. The monoisotopic (exact) mass is 288 g/mol. The van der Waals surface area contributed by atoms with Crippen molar-refractivity contribution >= 4 is 11.4 Å². The minimum atomic E-state index is -1.18. The Balaban J connectivity index is 2.49. The smallest absolute Gasteiger partial charge is 0.327 e. The second kappa shape index (κ2) is 8.42. The fourth-order valence-corrected chi connectivity index (χ4v) is 1.63. The largest absolute Gasteiger partial charge is 0.381 e. The van der Waals surface area contributed by atoms with E-state index in [1.54, 1.807) is 0 Å². The quantitative estimate of drug-likeness (QED) is 0.429. The first-order valence-electron chi connectivity index (χ1n) is 6.51. The van der Waals surface area contributed by atoms with E-state index in [1.807, 2.05) is 0 Å². The lowest BCUT2D eigenvalue weighted by Gasteiger charge is -2.08. The molecule has 20 heavy (non-hydrogen) atoms. The number of benzene rings is 1. The summed E-state index contributed by atoms with van der Waals surface area (Å²) in [6.07, 6.45) is 2.63. The Kier molecular flexibility index (Phi) is 6.86. The van der Waals surface area contributed by atoms with Gasteiger partial charge in [-0.25, -0.2) is 4.39 Å². The van der Waals surface area contributed by atoms with Crippen LogP contribution in [0.4, 0.5) is 20.2 Å². The zero-order valence-electron chi connectivity index (χ0n) is 11.3. The van der Waals surface area contributed by atoms with Gasteiger partial charge in [-0.3, -0.25) is 10.1 Å². The van der Waals surface area contributed by atoms with E-state index < -0.39 is 22.2 Å². The first kappa shape index (κ1) is 16.3. The van der Waals surface area contributed by atoms with Crippen molar-refractivity contribution in [2.45, 2.75) is 26.2 Å². The van der Waals surface area contributed by atoms with Gasteiger partial charge in [0.2, 0.25) is 5.82 Å². The van der Waals surface area contributed by atoms with Crippen LogP contribution in [0.15, 0.2) is 12.1 Å². The van der Waals surface area contributed by atoms with Gasteiger partial charge in [0.1, 0.15) is 11.5 Å². The number of anilines is 1. The number of unbranched alkanes of at least 4 members (excludes halogenated alkanes) is 1. The highest BCUT2D eigenvalue weighted by molar-refractivity contribution is 5.62. The molecular formula is C13H18F2N2O3. The van der Waals surface area contributed by atoms with Crippen molar-refractivity contribution in [1.82, 2.24) is 0 Å². The SMILES string of the molecule is CCCCOCCCNc1cc(F)cc(F)c1[N+](=O)[O-]. The Hall–Kier alpha value is -1.76. The highest BCUT2D eigenvalue weighted by Gasteiger charge is 2.21. The van der Waals surface area contributed by atoms with E-state index in [-0.39, 0.29) is 5.69 Å². The topological polar surface area (TPSA) is 64.4 Å². The van der Waals surface area contributed by atoms with Gasteiger partial charge in [0, 0.05) is 31.9 Å². The van der Waals surface area contributed by atoms with Crippen molar-refractivity contribution in [1.29, 1.82) is 0 Å². The lowest BCUT2D eigenvalue weighted by molar-refractivity contribution is -0.386. The van der Waals surface area contributed by atoms with Gasteiger partial charge in [0.05, 0.1) is 4.92 Å². The zero-order chi connectivity index (χ0) is 15.0. The molecule has 1 N–H and O–H groups in total. The minimum Gasteiger partial charge on any atom is -0.381 e. The molecule has 1 aromatic carbocycles. The van der Waals surface area contributed by atoms with Gasteiger partial charge in [-0.15, -0.1) is 0 Å². The number of hydrogen-bond donors (Lipinski definition) is 1. The van der Waals surface area contributed by atoms with Crippen molar-refractivity contribution in [3.05, 3.63) is 33.9 Å². The Labute approximate surface area is 116 Å². The third-order valence-electron chi connectivity index (χ3n) is 2.63. The predicted octanol–water partition coefficient (Wildman–Crippen LogP) is 3.49. The highest BCUT2D eigenvalue weighted by atomic mass is 19.1. The van der Waals surface area contributed by atoms with Crippen LogP contribution in [0.2, 0.25) is 0 Å². The van der Waals surface area contributed by atoms with Crippen molar-refractivity contribution in [2.75, 3.05) is 25.1 Å². The summed E-state index contributed by atoms with van der Waals surface area (Å²) in [7, 11) is 0. The molecule has 0 aromatic heterocycles. The number of nitro groups is 1. The van der Waals surface area contributed by atoms with E-state index in [2.05, 4.69) is 12.2 Å². The number of nitrogens with one attached hydrogen (secondary N) is 1. The molecular weight excluding hydrogens is 270 g/mol. The van der Waals surface area contributed by atoms with Crippen molar-refractivity contribution in [3.63, 3.8) is 0 Å². The number of nitro benzene ring substituents is 1. The van der Waals surface area contributed by atoms with E-state index in [4.69, 9.17) is 4.74 Å². The van der Waals surface area contributed by atoms with Crippen LogP contribution in [0.3, 0.4) is 0 Å². The molecule has 5 nitrogen and oxygen atoms in total. The fourth-order valence-electron chi connectivity index (χ4n) is 1.63. The summed E-state index contributed by atoms with van der Waals surface area (Å²) in [5.41, 5.74) is -0.889. The molecule has 0 aliphatic rings. The Morgan fingerprint density at radius 1 is 1.30 bits per heavy atom. The van der Waals surface area contributed by atoms with Gasteiger partial charge >= 0.3 is 5.69 Å². The van der Waals surface area contributed by atoms with Gasteiger partial charge in [-0.05, 0) is 12.8 Å². The van der Waals surface area contributed by atoms with Crippen LogP contribution >= 0.6 is 0 Å². The molecule has 0 amide bonds. The first-order valence-corrected chi connectivity index (χ1v) is 6.51. The average molecular weight is 288 g/mol. The van der Waals surface area contributed by atoms with Gasteiger partial charge in [0.25, 0.3) is 0 Å². The lowest BCUT2D eigenvalue weighted by Crippen LogP contribution is -2.09. The third-order valence-corrected chi connectivity index (χ3v) is 2.63. The maximum Gasteiger partial charge on any atom is 0.327 e. The number of ether oxygens (including phenoxy) is 1. The number of rotatable bonds is 9. The van der Waals surface area contributed by atoms with Gasteiger partial charge in [-0.1, -0.05) is 13.3 Å². The number of hydrogen-bond acceptors (Lipinski definition) is 4. The molecule has 0 radical (unpaired) electrons. The molecule has 0 aliphatic carbocycles. The molecule has 0 fully saturated rings. The molecule has 0 saturated carbocycles. The second-order valence-corrected chi connectivity index (χ2v) is 4.29. The molecule has 1 aromatic rings. The molecule has 0 aliphatic heterocycles. The molecule has 0 unspecified atom stereocenters. The molecule has 0 atom stereocenters. The minimum absolute atomic E-state index is 0.152. The number of halogens is 2. The molecule has 112 valence electrons. The van der Waals surface area contributed by atoms with E-state index in [1.165, 1.54) is 0 Å². The van der Waals surface area contributed by atoms with Crippen LogP contribution in [0.5, 0.6) is 0 Å². The van der Waals surface area contributed by atoms with Crippen LogP contribution in [0, 0.1) is 21.7 Å². The summed E-state index contributed by atoms with van der Waals surface area (Å²) in [6.45, 7) is 3.57. The van der Waals surface area contributed by atoms with Gasteiger partial charge in [0.15, 0.2) is 0 Å². The van der Waals surface area contributed by atoms with E-state index >= 15 is 0 Å². The Morgan fingerprint density at radius 3 is 2.65 bits per heavy atom. The van der Waals surface area contributed by atoms with Crippen LogP contribution in [0.1, 0.15) is 26.2 Å². The standard InChI is InChI=1S/C13H18F2N2O3/c1-2-3-6-20-7-4-5-16-12-9-10(14)8-11(15)13(12)17(18)19/h8-9,16H,2-7H2,1H3. The maximum atomic E-state index is 13.3. The lowest BCUT2D eigenvalue weighted by atomic mass is 10.2. The van der Waals surface area contributed by atoms with Gasteiger partial charge in [-0.2, -0.15) is 4.39 Å². The van der Waals surface area contributed by atoms with E-state index in [0.29, 0.717) is 32.2 Å². The summed E-state index contributed by atoms with van der Waals surface area (Å²) in [5, 5.41) is 13.4. The average Bonchev–Trinajstić information content (AvgIpc) is 2.36. The summed E-state index contributed by atoms with van der Waals surface area (Å²) in [5.74, 6) is -2.04. The number of nitrogens with zero attached hydrogens (tertiary/aromatic N) is 1. The zero-order valence-corrected chi connectivity index (χ0v) is 11.3. The molecule has 7 heteroatoms. The Morgan fingerprint density at radius 2 is 2.00 bits per heavy atom. The Bertz CT molecular complexity index is 455. The highest BCUT2D eigenvalue weighted by Crippen LogP contribution is 2.28. The molecule has 1 rings (SSSR count). The fraction of sp³-hybridized carbons (Fsp3) is 0.538. The predicted molar refractivity (Wildman–Crippen MR) is 71.8 cm³/mol. The molecule has 0 bridgehead atoms. The van der Waals surface area contributed by atoms with Crippen molar-refractivity contribution < 1.29 is 18.4 Å². The molecule has 0 spiro atoms. The van der Waals surface area contributed by atoms with Crippen molar-refractivity contribution in [3.8, 4) is 0 Å². The summed E-state index contributed by atoms with van der Waals surface area (Å²) in [6, 6.07) is 1.41. The van der Waals surface area contributed by atoms with Crippen LogP contribution in [-0.2, 0) is 4.74 Å². The summed E-state index contributed by atoms with van der Waals surface area (Å²) < 4.78 is 31.7. The van der Waals surface area contributed by atoms with Crippen LogP contribution in [-0.4, -0.2) is 24.7 Å². The maximum absolute atomic E-state index is 13.3. The van der Waals surface area contributed by atoms with Crippen molar-refractivity contribution in [2.24, 2.45) is 0 Å². The van der Waals surface area contributed by atoms with Crippen LogP contribution < -0.4 is 5.32 Å².